The Balaban J connectivity index is 4.41. The van der Waals surface area contributed by atoms with Gasteiger partial charge in [-0.15, -0.1) is 0 Å². The molecule has 306 valence electrons. The van der Waals surface area contributed by atoms with Gasteiger partial charge in [0.1, 0.15) is 6.61 Å². The molecule has 0 aliphatic rings. The minimum Gasteiger partial charge on any atom is -0.462 e. The highest BCUT2D eigenvalue weighted by Gasteiger charge is 2.25. The molecule has 0 fully saturated rings. The minimum absolute atomic E-state index is 0.0284. The van der Waals surface area contributed by atoms with Gasteiger partial charge >= 0.3 is 19.8 Å². The molecule has 0 aliphatic carbocycles. The van der Waals surface area contributed by atoms with E-state index in [2.05, 4.69) is 67.7 Å². The Kier molecular flexibility index (Phi) is 36.0. The van der Waals surface area contributed by atoms with Crippen molar-refractivity contribution in [2.45, 2.75) is 135 Å². The van der Waals surface area contributed by atoms with Gasteiger partial charge in [-0.2, -0.15) is 0 Å². The van der Waals surface area contributed by atoms with Gasteiger partial charge in [0.15, 0.2) is 6.10 Å². The molecular weight excluding hydrogens is 705 g/mol. The molecule has 10 nitrogen and oxygen atoms in total. The summed E-state index contributed by atoms with van der Waals surface area (Å²) in [6.07, 6.45) is 45.4. The van der Waals surface area contributed by atoms with Crippen molar-refractivity contribution in [3.63, 3.8) is 0 Å². The molecule has 0 radical (unpaired) electrons. The quantitative estimate of drug-likeness (QED) is 0.0186. The van der Waals surface area contributed by atoms with Gasteiger partial charge in [0.25, 0.3) is 0 Å². The standard InChI is InChI=1S/C43H70NO9P/c1-3-5-6-7-8-9-10-11-12-17-20-23-26-29-32-35-43(47)53-41(39-52-54(48,49)51-37-36-44)38-50-42(46)34-31-28-25-22-19-16-14-13-15-18-21-24-27-30-33-40(45)4-2/h8-9,11-12,14-16,18,20,22-25,27,30,33,40-41,45H,3-7,10,13,17,19,21,26,28-29,31-32,34-39,44H2,1-2H3,(H,48,49)/b9-8-,12-11-,16-14-,18-15-,23-20-,25-22-,27-24-,33-30+/t40-,41+/m0/s1. The number of aliphatic hydroxyl groups excluding tert-OH is 1. The van der Waals surface area contributed by atoms with Crippen LogP contribution in [-0.2, 0) is 32.7 Å². The zero-order valence-electron chi connectivity index (χ0n) is 33.0. The van der Waals surface area contributed by atoms with Gasteiger partial charge in [-0.3, -0.25) is 18.6 Å². The van der Waals surface area contributed by atoms with E-state index in [0.717, 1.165) is 51.4 Å². The van der Waals surface area contributed by atoms with Crippen LogP contribution in [0.1, 0.15) is 123 Å². The van der Waals surface area contributed by atoms with Gasteiger partial charge in [0, 0.05) is 19.4 Å². The maximum atomic E-state index is 12.5. The number of hydrogen-bond acceptors (Lipinski definition) is 9. The minimum atomic E-state index is -4.41. The van der Waals surface area contributed by atoms with E-state index in [1.807, 2.05) is 37.3 Å². The van der Waals surface area contributed by atoms with Crippen LogP contribution in [0.3, 0.4) is 0 Å². The van der Waals surface area contributed by atoms with Crippen molar-refractivity contribution in [3.8, 4) is 0 Å². The van der Waals surface area contributed by atoms with Crippen LogP contribution in [0.4, 0.5) is 0 Å². The van der Waals surface area contributed by atoms with E-state index in [-0.39, 0.29) is 38.7 Å². The van der Waals surface area contributed by atoms with E-state index in [0.29, 0.717) is 25.7 Å². The summed E-state index contributed by atoms with van der Waals surface area (Å²) >= 11 is 0. The number of carbonyl (C=O) groups excluding carboxylic acids is 2. The molecule has 0 saturated heterocycles. The third-order valence-corrected chi connectivity index (χ3v) is 8.60. The summed E-state index contributed by atoms with van der Waals surface area (Å²) in [6.45, 7) is 3.21. The molecule has 0 spiro atoms. The third-order valence-electron chi connectivity index (χ3n) is 7.61. The Morgan fingerprint density at radius 1 is 0.648 bits per heavy atom. The Bertz CT molecular complexity index is 1220. The SMILES string of the molecule is CCCCC/C=C\C/C=C\C/C=C\CCCCC(=O)O[C@H](COC(=O)CCC/C=C\C/C=C\C/C=C\C/C=C\C=C\[C@@H](O)CC)COP(=O)(O)OCCN. The van der Waals surface area contributed by atoms with E-state index in [1.165, 1.54) is 19.3 Å². The molecule has 54 heavy (non-hydrogen) atoms. The average molecular weight is 776 g/mol. The van der Waals surface area contributed by atoms with E-state index < -0.39 is 32.5 Å². The number of allylic oxidation sites excluding steroid dienone is 15. The molecule has 0 aromatic carbocycles. The van der Waals surface area contributed by atoms with Gasteiger partial charge in [0.05, 0.1) is 19.3 Å². The lowest BCUT2D eigenvalue weighted by Gasteiger charge is -2.19. The number of carbonyl (C=O) groups is 2. The maximum Gasteiger partial charge on any atom is 0.472 e. The molecular formula is C43H70NO9P. The van der Waals surface area contributed by atoms with Crippen molar-refractivity contribution in [3.05, 3.63) is 97.2 Å². The van der Waals surface area contributed by atoms with Crippen LogP contribution in [0.2, 0.25) is 0 Å². The van der Waals surface area contributed by atoms with Crippen molar-refractivity contribution in [2.75, 3.05) is 26.4 Å². The summed E-state index contributed by atoms with van der Waals surface area (Å²) in [4.78, 5) is 34.7. The molecule has 3 atom stereocenters. The number of nitrogens with two attached hydrogens (primary N) is 1. The second-order valence-corrected chi connectivity index (χ2v) is 14.1. The molecule has 0 aliphatic heterocycles. The van der Waals surface area contributed by atoms with Crippen molar-refractivity contribution in [1.29, 1.82) is 0 Å². The third kappa shape index (κ3) is 37.2. The largest absolute Gasteiger partial charge is 0.472 e. The number of phosphoric acid groups is 1. The van der Waals surface area contributed by atoms with Crippen LogP contribution in [0.15, 0.2) is 97.2 Å². The summed E-state index contributed by atoms with van der Waals surface area (Å²) in [6, 6.07) is 0. The van der Waals surface area contributed by atoms with Crippen molar-refractivity contribution >= 4 is 19.8 Å². The summed E-state index contributed by atoms with van der Waals surface area (Å²) < 4.78 is 32.6. The van der Waals surface area contributed by atoms with Crippen LogP contribution in [0.5, 0.6) is 0 Å². The highest BCUT2D eigenvalue weighted by Crippen LogP contribution is 2.43. The Morgan fingerprint density at radius 3 is 1.72 bits per heavy atom. The highest BCUT2D eigenvalue weighted by atomic mass is 31.2. The fourth-order valence-electron chi connectivity index (χ4n) is 4.51. The molecule has 0 aromatic rings. The zero-order chi connectivity index (χ0) is 39.8. The summed E-state index contributed by atoms with van der Waals surface area (Å²) in [7, 11) is -4.41. The maximum absolute atomic E-state index is 12.5. The molecule has 1 unspecified atom stereocenters. The molecule has 4 N–H and O–H groups in total. The number of phosphoric ester groups is 1. The van der Waals surface area contributed by atoms with Crippen LogP contribution in [-0.4, -0.2) is 60.5 Å². The average Bonchev–Trinajstić information content (AvgIpc) is 3.16. The lowest BCUT2D eigenvalue weighted by Crippen LogP contribution is -2.29. The highest BCUT2D eigenvalue weighted by molar-refractivity contribution is 7.47. The predicted molar refractivity (Wildman–Crippen MR) is 221 cm³/mol. The normalized spacial score (nSPS) is 15.0. The lowest BCUT2D eigenvalue weighted by atomic mass is 10.1. The Morgan fingerprint density at radius 2 is 1.17 bits per heavy atom. The molecule has 0 amide bonds. The molecule has 0 aromatic heterocycles. The number of aliphatic hydroxyl groups is 1. The second kappa shape index (κ2) is 38.2. The summed E-state index contributed by atoms with van der Waals surface area (Å²) in [5.74, 6) is -0.974. The van der Waals surface area contributed by atoms with Gasteiger partial charge in [-0.25, -0.2) is 4.57 Å². The smallest absolute Gasteiger partial charge is 0.462 e. The van der Waals surface area contributed by atoms with E-state index in [1.54, 1.807) is 6.08 Å². The van der Waals surface area contributed by atoms with Crippen molar-refractivity contribution in [1.82, 2.24) is 0 Å². The number of ether oxygens (including phenoxy) is 2. The Labute approximate surface area is 326 Å². The molecule has 0 saturated carbocycles. The van der Waals surface area contributed by atoms with Gasteiger partial charge in [0.2, 0.25) is 0 Å². The Hall–Kier alpha value is -3.11. The first kappa shape index (κ1) is 50.9. The number of unbranched alkanes of at least 4 members (excludes halogenated alkanes) is 6. The van der Waals surface area contributed by atoms with Crippen LogP contribution in [0.25, 0.3) is 0 Å². The monoisotopic (exact) mass is 775 g/mol. The van der Waals surface area contributed by atoms with Gasteiger partial charge in [-0.1, -0.05) is 124 Å². The molecule has 11 heteroatoms. The predicted octanol–water partition coefficient (Wildman–Crippen LogP) is 10.0. The zero-order valence-corrected chi connectivity index (χ0v) is 33.9. The molecule has 0 heterocycles. The van der Waals surface area contributed by atoms with Gasteiger partial charge < -0.3 is 25.2 Å². The van der Waals surface area contributed by atoms with Crippen LogP contribution < -0.4 is 5.73 Å². The number of hydrogen-bond donors (Lipinski definition) is 3. The molecule has 0 bridgehead atoms. The number of rotatable bonds is 35. The van der Waals surface area contributed by atoms with Crippen molar-refractivity contribution < 1.29 is 42.7 Å². The van der Waals surface area contributed by atoms with E-state index in [4.69, 9.17) is 24.3 Å². The van der Waals surface area contributed by atoms with E-state index in [9.17, 15) is 24.2 Å². The fourth-order valence-corrected chi connectivity index (χ4v) is 5.27. The van der Waals surface area contributed by atoms with Crippen LogP contribution >= 0.6 is 7.82 Å². The topological polar surface area (TPSA) is 155 Å². The van der Waals surface area contributed by atoms with Gasteiger partial charge in [-0.05, 0) is 83.5 Å². The summed E-state index contributed by atoms with van der Waals surface area (Å²) in [5, 5.41) is 9.46. The lowest BCUT2D eigenvalue weighted by molar-refractivity contribution is -0.161. The van der Waals surface area contributed by atoms with E-state index >= 15 is 0 Å². The second-order valence-electron chi connectivity index (χ2n) is 12.6. The van der Waals surface area contributed by atoms with Crippen molar-refractivity contribution in [2.24, 2.45) is 5.73 Å². The summed E-state index contributed by atoms with van der Waals surface area (Å²) in [5.41, 5.74) is 5.33. The first-order valence-electron chi connectivity index (χ1n) is 19.8. The molecule has 0 rings (SSSR count). The number of esters is 2. The fraction of sp³-hybridized carbons (Fsp3) is 0.581. The first-order valence-corrected chi connectivity index (χ1v) is 21.3. The first-order chi connectivity index (χ1) is 26.2. The van der Waals surface area contributed by atoms with Crippen LogP contribution in [0, 0.1) is 0 Å².